The van der Waals surface area contributed by atoms with Crippen molar-refractivity contribution >= 4 is 9.03 Å². The van der Waals surface area contributed by atoms with Gasteiger partial charge in [0, 0.05) is 0 Å². The Morgan fingerprint density at radius 3 is 2.00 bits per heavy atom. The second-order valence-electron chi connectivity index (χ2n) is 0.838. The summed E-state index contributed by atoms with van der Waals surface area (Å²) in [7, 11) is -0.0741. The summed E-state index contributed by atoms with van der Waals surface area (Å²) in [5.41, 5.74) is 0. The molecule has 0 atom stereocenters. The minimum Gasteiger partial charge on any atom is -0.209 e. The molecule has 1 rings (SSSR count). The first-order chi connectivity index (χ1) is 2.50. The molecule has 0 spiro atoms. The first kappa shape index (κ1) is 3.54. The van der Waals surface area contributed by atoms with Crippen LogP contribution in [0.3, 0.4) is 0 Å². The highest BCUT2D eigenvalue weighted by atomic mass is 31.1. The molecular formula is C2H6O2P+. The molecule has 0 N–H and O–H groups in total. The van der Waals surface area contributed by atoms with E-state index in [0.717, 1.165) is 13.2 Å². The van der Waals surface area contributed by atoms with Crippen molar-refractivity contribution in [3.63, 3.8) is 0 Å². The molecule has 0 radical (unpaired) electrons. The highest BCUT2D eigenvalue weighted by Crippen LogP contribution is 2.18. The maximum atomic E-state index is 4.81. The SMILES string of the molecule is C1CO[PH2+]O1. The van der Waals surface area contributed by atoms with Crippen molar-refractivity contribution < 1.29 is 9.05 Å². The zero-order valence-corrected chi connectivity index (χ0v) is 3.96. The summed E-state index contributed by atoms with van der Waals surface area (Å²) in [6.07, 6.45) is 0. The van der Waals surface area contributed by atoms with Crippen LogP contribution in [0.5, 0.6) is 0 Å². The van der Waals surface area contributed by atoms with E-state index in [1.807, 2.05) is 0 Å². The minimum absolute atomic E-state index is 0.0741. The molecule has 0 saturated carbocycles. The lowest BCUT2D eigenvalue weighted by molar-refractivity contribution is 0.365. The maximum Gasteiger partial charge on any atom is 0.251 e. The zero-order valence-electron chi connectivity index (χ0n) is 2.81. The molecule has 3 heteroatoms. The highest BCUT2D eigenvalue weighted by molar-refractivity contribution is 7.26. The van der Waals surface area contributed by atoms with Gasteiger partial charge in [0.05, 0.1) is 0 Å². The fourth-order valence-corrected chi connectivity index (χ4v) is 0.722. The van der Waals surface area contributed by atoms with Gasteiger partial charge in [-0.2, -0.15) is 0 Å². The normalized spacial score (nSPS) is 24.0. The second-order valence-corrected chi connectivity index (χ2v) is 1.70. The lowest BCUT2D eigenvalue weighted by atomic mass is 10.8. The van der Waals surface area contributed by atoms with Crippen molar-refractivity contribution in [1.82, 2.24) is 0 Å². The standard InChI is InChI=1S/C2H6O2P/c1-2-4-5-3-1/h1-2,5H2/q+1. The Hall–Kier alpha value is 0.350. The predicted octanol–water partition coefficient (Wildman–Crippen LogP) is 0.274. The molecular weight excluding hydrogens is 87.0 g/mol. The summed E-state index contributed by atoms with van der Waals surface area (Å²) in [4.78, 5) is 0. The lowest BCUT2D eigenvalue weighted by Gasteiger charge is -1.63. The molecule has 0 aromatic heterocycles. The average Bonchev–Trinajstić information content (AvgIpc) is 1.76. The summed E-state index contributed by atoms with van der Waals surface area (Å²) >= 11 is 0. The monoisotopic (exact) mass is 93.0 g/mol. The van der Waals surface area contributed by atoms with Gasteiger partial charge in [0.25, 0.3) is 9.03 Å². The molecule has 2 nitrogen and oxygen atoms in total. The molecule has 1 saturated heterocycles. The van der Waals surface area contributed by atoms with Gasteiger partial charge in [-0.25, -0.2) is 9.05 Å². The lowest BCUT2D eigenvalue weighted by Crippen LogP contribution is -1.79. The molecule has 1 heterocycles. The van der Waals surface area contributed by atoms with Gasteiger partial charge in [0.15, 0.2) is 0 Å². The summed E-state index contributed by atoms with van der Waals surface area (Å²) < 4.78 is 9.61. The van der Waals surface area contributed by atoms with Gasteiger partial charge >= 0.3 is 0 Å². The smallest absolute Gasteiger partial charge is 0.209 e. The minimum atomic E-state index is -0.0741. The molecule has 0 bridgehead atoms. The topological polar surface area (TPSA) is 18.5 Å². The fourth-order valence-electron chi connectivity index (χ4n) is 0.241. The summed E-state index contributed by atoms with van der Waals surface area (Å²) in [6.45, 7) is 1.63. The molecule has 1 aliphatic rings. The van der Waals surface area contributed by atoms with Crippen LogP contribution in [0.4, 0.5) is 0 Å². The van der Waals surface area contributed by atoms with Crippen molar-refractivity contribution in [1.29, 1.82) is 0 Å². The van der Waals surface area contributed by atoms with Crippen LogP contribution in [0, 0.1) is 0 Å². The Balaban J connectivity index is 2.08. The molecule has 1 aliphatic heterocycles. The van der Waals surface area contributed by atoms with Crippen molar-refractivity contribution in [2.75, 3.05) is 13.2 Å². The van der Waals surface area contributed by atoms with Crippen molar-refractivity contribution in [2.45, 2.75) is 0 Å². The maximum absolute atomic E-state index is 4.81. The third-order valence-electron chi connectivity index (χ3n) is 0.455. The number of hydrogen-bond acceptors (Lipinski definition) is 2. The largest absolute Gasteiger partial charge is 0.251 e. The van der Waals surface area contributed by atoms with Crippen LogP contribution in [0.25, 0.3) is 0 Å². The summed E-state index contributed by atoms with van der Waals surface area (Å²) in [5.74, 6) is 0. The van der Waals surface area contributed by atoms with Gasteiger partial charge in [0.1, 0.15) is 13.2 Å². The number of hydrogen-bond donors (Lipinski definition) is 0. The fraction of sp³-hybridized carbons (Fsp3) is 1.00. The Kier molecular flexibility index (Phi) is 1.21. The van der Waals surface area contributed by atoms with Crippen LogP contribution in [-0.4, -0.2) is 13.2 Å². The predicted molar refractivity (Wildman–Crippen MR) is 21.6 cm³/mol. The molecule has 0 aromatic carbocycles. The molecule has 5 heavy (non-hydrogen) atoms. The Bertz CT molecular complexity index is 19.2. The third kappa shape index (κ3) is 0.839. The van der Waals surface area contributed by atoms with E-state index in [2.05, 4.69) is 0 Å². The van der Waals surface area contributed by atoms with Gasteiger partial charge in [-0.1, -0.05) is 0 Å². The second kappa shape index (κ2) is 1.71. The van der Waals surface area contributed by atoms with Crippen LogP contribution in [0.1, 0.15) is 0 Å². The molecule has 1 fully saturated rings. The van der Waals surface area contributed by atoms with Crippen LogP contribution in [-0.2, 0) is 9.05 Å². The number of rotatable bonds is 0. The summed E-state index contributed by atoms with van der Waals surface area (Å²) in [5, 5.41) is 0. The van der Waals surface area contributed by atoms with Crippen molar-refractivity contribution in [3.05, 3.63) is 0 Å². The highest BCUT2D eigenvalue weighted by Gasteiger charge is 2.03. The van der Waals surface area contributed by atoms with Crippen molar-refractivity contribution in [3.8, 4) is 0 Å². The zero-order chi connectivity index (χ0) is 3.54. The average molecular weight is 93.0 g/mol. The van der Waals surface area contributed by atoms with E-state index in [1.54, 1.807) is 0 Å². The summed E-state index contributed by atoms with van der Waals surface area (Å²) in [6, 6.07) is 0. The van der Waals surface area contributed by atoms with E-state index < -0.39 is 0 Å². The molecule has 0 aliphatic carbocycles. The molecule has 0 unspecified atom stereocenters. The van der Waals surface area contributed by atoms with Crippen LogP contribution < -0.4 is 0 Å². The Morgan fingerprint density at radius 2 is 1.80 bits per heavy atom. The van der Waals surface area contributed by atoms with E-state index in [0.29, 0.717) is 0 Å². The van der Waals surface area contributed by atoms with Gasteiger partial charge in [-0.3, -0.25) is 0 Å². The third-order valence-corrected chi connectivity index (χ3v) is 1.20. The molecule has 30 valence electrons. The quantitative estimate of drug-likeness (QED) is 0.400. The van der Waals surface area contributed by atoms with Crippen molar-refractivity contribution in [2.24, 2.45) is 0 Å². The van der Waals surface area contributed by atoms with Crippen LogP contribution in [0.15, 0.2) is 0 Å². The Labute approximate surface area is 32.4 Å². The van der Waals surface area contributed by atoms with E-state index in [4.69, 9.17) is 9.05 Å². The van der Waals surface area contributed by atoms with E-state index in [9.17, 15) is 0 Å². The first-order valence-electron chi connectivity index (χ1n) is 1.55. The van der Waals surface area contributed by atoms with Crippen LogP contribution >= 0.6 is 9.03 Å². The van der Waals surface area contributed by atoms with Gasteiger partial charge in [0.2, 0.25) is 0 Å². The molecule has 0 amide bonds. The van der Waals surface area contributed by atoms with Gasteiger partial charge < -0.3 is 0 Å². The van der Waals surface area contributed by atoms with Gasteiger partial charge in [-0.15, -0.1) is 0 Å². The Morgan fingerprint density at radius 1 is 1.20 bits per heavy atom. The van der Waals surface area contributed by atoms with E-state index >= 15 is 0 Å². The van der Waals surface area contributed by atoms with E-state index in [1.165, 1.54) is 0 Å². The molecule has 0 aromatic rings. The van der Waals surface area contributed by atoms with Gasteiger partial charge in [-0.05, 0) is 0 Å². The van der Waals surface area contributed by atoms with Crippen LogP contribution in [0.2, 0.25) is 0 Å². The first-order valence-corrected chi connectivity index (χ1v) is 2.49. The van der Waals surface area contributed by atoms with E-state index in [-0.39, 0.29) is 9.03 Å².